The monoisotopic (exact) mass is 578 g/mol. The summed E-state index contributed by atoms with van der Waals surface area (Å²) >= 11 is 0. The third-order valence-corrected chi connectivity index (χ3v) is 8.06. The summed E-state index contributed by atoms with van der Waals surface area (Å²) in [7, 11) is 1.30. The normalized spacial score (nSPS) is 15.2. The van der Waals surface area contributed by atoms with Crippen LogP contribution in [0.3, 0.4) is 0 Å². The largest absolute Gasteiger partial charge is 0.756 e. The Morgan fingerprint density at radius 3 is 1.74 bits per heavy atom. The van der Waals surface area contributed by atoms with Crippen LogP contribution in [0.25, 0.3) is 0 Å². The average molecular weight is 579 g/mol. The lowest BCUT2D eigenvalue weighted by Crippen LogP contribution is -2.46. The van der Waals surface area contributed by atoms with Gasteiger partial charge in [-0.15, -0.1) is 0 Å². The number of phosphoric acid groups is 1. The Labute approximate surface area is 240 Å². The molecule has 0 radical (unpaired) electrons. The van der Waals surface area contributed by atoms with Crippen LogP contribution in [0.2, 0.25) is 0 Å². The second-order valence-electron chi connectivity index (χ2n) is 12.2. The maximum absolute atomic E-state index is 12.6. The van der Waals surface area contributed by atoms with E-state index < -0.39 is 20.0 Å². The molecule has 0 fully saturated rings. The van der Waals surface area contributed by atoms with Gasteiger partial charge < -0.3 is 28.8 Å². The van der Waals surface area contributed by atoms with Gasteiger partial charge in [0.05, 0.1) is 39.9 Å². The summed E-state index contributed by atoms with van der Waals surface area (Å²) in [5.41, 5.74) is 0. The number of quaternary nitrogens is 1. The molecular weight excluding hydrogens is 515 g/mol. The summed E-state index contributed by atoms with van der Waals surface area (Å²) in [5.74, 6) is -0.174. The molecule has 0 heterocycles. The minimum absolute atomic E-state index is 0.0141. The Morgan fingerprint density at radius 1 is 0.795 bits per heavy atom. The van der Waals surface area contributed by atoms with E-state index in [1.165, 1.54) is 57.8 Å². The van der Waals surface area contributed by atoms with Gasteiger partial charge in [0.15, 0.2) is 0 Å². The lowest BCUT2D eigenvalue weighted by molar-refractivity contribution is -0.870. The van der Waals surface area contributed by atoms with E-state index in [0.717, 1.165) is 51.4 Å². The standard InChI is InChI=1S/C30H63N2O6P/c1-6-8-10-12-13-14-15-16-17-18-20-22-24-30(34)31-28(29(33)23-21-19-11-9-7-2)27-38-39(35,36)37-26-25-32(3,4)5/h28-29,33H,6-27H2,1-5H3,(H-,31,34,35,36). The number of aliphatic hydroxyl groups excluding tert-OH is 1. The van der Waals surface area contributed by atoms with E-state index in [0.29, 0.717) is 23.9 Å². The summed E-state index contributed by atoms with van der Waals surface area (Å²) in [6.45, 7) is 4.59. The minimum atomic E-state index is -4.53. The molecule has 2 N–H and O–H groups in total. The second kappa shape index (κ2) is 24.1. The molecule has 0 rings (SSSR count). The van der Waals surface area contributed by atoms with Gasteiger partial charge in [0.1, 0.15) is 13.2 Å². The molecule has 0 saturated heterocycles. The predicted molar refractivity (Wildman–Crippen MR) is 159 cm³/mol. The van der Waals surface area contributed by atoms with Crippen LogP contribution in [-0.2, 0) is 18.4 Å². The number of rotatable bonds is 28. The van der Waals surface area contributed by atoms with Gasteiger partial charge in [0, 0.05) is 6.42 Å². The lowest BCUT2D eigenvalue weighted by Gasteiger charge is -2.30. The maximum Gasteiger partial charge on any atom is 0.268 e. The molecule has 8 nitrogen and oxygen atoms in total. The highest BCUT2D eigenvalue weighted by Crippen LogP contribution is 2.38. The number of unbranched alkanes of at least 4 members (excludes halogenated alkanes) is 15. The number of carbonyl (C=O) groups excluding carboxylic acids is 1. The summed E-state index contributed by atoms with van der Waals surface area (Å²) in [6, 6.07) is -0.787. The third kappa shape index (κ3) is 26.2. The van der Waals surface area contributed by atoms with Crippen molar-refractivity contribution in [1.29, 1.82) is 0 Å². The summed E-state index contributed by atoms with van der Waals surface area (Å²) in [5, 5.41) is 13.6. The number of nitrogens with one attached hydrogen (secondary N) is 1. The molecular formula is C30H63N2O6P. The van der Waals surface area contributed by atoms with E-state index in [2.05, 4.69) is 19.2 Å². The van der Waals surface area contributed by atoms with E-state index in [9.17, 15) is 19.4 Å². The quantitative estimate of drug-likeness (QED) is 0.0624. The molecule has 0 aliphatic rings. The molecule has 39 heavy (non-hydrogen) atoms. The highest BCUT2D eigenvalue weighted by Gasteiger charge is 2.24. The first kappa shape index (κ1) is 38.5. The van der Waals surface area contributed by atoms with Crippen molar-refractivity contribution in [1.82, 2.24) is 5.32 Å². The molecule has 1 amide bonds. The molecule has 0 aliphatic carbocycles. The van der Waals surface area contributed by atoms with Crippen molar-refractivity contribution >= 4 is 13.7 Å². The van der Waals surface area contributed by atoms with Gasteiger partial charge in [-0.3, -0.25) is 9.36 Å². The van der Waals surface area contributed by atoms with Crippen molar-refractivity contribution < 1.29 is 32.9 Å². The predicted octanol–water partition coefficient (Wildman–Crippen LogP) is 6.49. The summed E-state index contributed by atoms with van der Waals surface area (Å²) in [4.78, 5) is 24.8. The first-order valence-electron chi connectivity index (χ1n) is 15.9. The molecule has 0 aromatic heterocycles. The zero-order valence-corrected chi connectivity index (χ0v) is 27.0. The van der Waals surface area contributed by atoms with Crippen molar-refractivity contribution in [2.24, 2.45) is 0 Å². The van der Waals surface area contributed by atoms with Crippen LogP contribution in [0.1, 0.15) is 136 Å². The highest BCUT2D eigenvalue weighted by molar-refractivity contribution is 7.45. The Balaban J connectivity index is 4.42. The van der Waals surface area contributed by atoms with E-state index in [1.54, 1.807) is 0 Å². The van der Waals surface area contributed by atoms with Gasteiger partial charge >= 0.3 is 0 Å². The molecule has 0 aromatic rings. The van der Waals surface area contributed by atoms with E-state index in [1.807, 2.05) is 21.1 Å². The van der Waals surface area contributed by atoms with Crippen molar-refractivity contribution in [3.05, 3.63) is 0 Å². The number of aliphatic hydroxyl groups is 1. The van der Waals surface area contributed by atoms with Crippen molar-refractivity contribution in [3.8, 4) is 0 Å². The van der Waals surface area contributed by atoms with Gasteiger partial charge in [-0.25, -0.2) is 0 Å². The first-order valence-corrected chi connectivity index (χ1v) is 17.3. The van der Waals surface area contributed by atoms with Crippen molar-refractivity contribution in [2.45, 2.75) is 148 Å². The third-order valence-electron chi connectivity index (χ3n) is 7.10. The molecule has 234 valence electrons. The topological polar surface area (TPSA) is 108 Å². The average Bonchev–Trinajstić information content (AvgIpc) is 2.86. The van der Waals surface area contributed by atoms with Gasteiger partial charge in [0.25, 0.3) is 7.82 Å². The second-order valence-corrected chi connectivity index (χ2v) is 13.6. The van der Waals surface area contributed by atoms with Crippen molar-refractivity contribution in [2.75, 3.05) is 40.9 Å². The van der Waals surface area contributed by atoms with E-state index in [4.69, 9.17) is 9.05 Å². The number of hydrogen-bond donors (Lipinski definition) is 2. The highest BCUT2D eigenvalue weighted by atomic mass is 31.2. The molecule has 3 atom stereocenters. The van der Waals surface area contributed by atoms with Gasteiger partial charge in [-0.1, -0.05) is 117 Å². The zero-order chi connectivity index (χ0) is 29.4. The molecule has 0 aromatic carbocycles. The number of nitrogens with zero attached hydrogens (tertiary/aromatic N) is 1. The Bertz CT molecular complexity index is 629. The fraction of sp³-hybridized carbons (Fsp3) is 0.967. The lowest BCUT2D eigenvalue weighted by atomic mass is 10.0. The van der Waals surface area contributed by atoms with Crippen LogP contribution in [0.4, 0.5) is 0 Å². The summed E-state index contributed by atoms with van der Waals surface area (Å²) in [6.07, 6.45) is 19.9. The van der Waals surface area contributed by atoms with Crippen molar-refractivity contribution in [3.63, 3.8) is 0 Å². The number of phosphoric ester groups is 1. The molecule has 0 aliphatic heterocycles. The van der Waals surface area contributed by atoms with E-state index >= 15 is 0 Å². The minimum Gasteiger partial charge on any atom is -0.756 e. The molecule has 3 unspecified atom stereocenters. The Kier molecular flexibility index (Phi) is 23.8. The van der Waals surface area contributed by atoms with Gasteiger partial charge in [-0.05, 0) is 12.8 Å². The van der Waals surface area contributed by atoms with Crippen LogP contribution in [0.15, 0.2) is 0 Å². The fourth-order valence-corrected chi connectivity index (χ4v) is 5.17. The summed E-state index contributed by atoms with van der Waals surface area (Å²) < 4.78 is 22.9. The van der Waals surface area contributed by atoms with Gasteiger partial charge in [-0.2, -0.15) is 0 Å². The van der Waals surface area contributed by atoms with Crippen LogP contribution in [0.5, 0.6) is 0 Å². The number of hydrogen-bond acceptors (Lipinski definition) is 6. The number of amides is 1. The Hall–Kier alpha value is -0.500. The fourth-order valence-electron chi connectivity index (χ4n) is 4.45. The van der Waals surface area contributed by atoms with Crippen LogP contribution in [-0.4, -0.2) is 68.5 Å². The van der Waals surface area contributed by atoms with Gasteiger partial charge in [0.2, 0.25) is 5.91 Å². The maximum atomic E-state index is 12.6. The smallest absolute Gasteiger partial charge is 0.268 e. The Morgan fingerprint density at radius 2 is 1.26 bits per heavy atom. The van der Waals surface area contributed by atoms with Crippen LogP contribution < -0.4 is 10.2 Å². The molecule has 0 spiro atoms. The number of likely N-dealkylation sites (N-methyl/N-ethyl adjacent to an activating group) is 1. The number of carbonyl (C=O) groups is 1. The van der Waals surface area contributed by atoms with Crippen LogP contribution >= 0.6 is 7.82 Å². The molecule has 0 saturated carbocycles. The molecule has 0 bridgehead atoms. The SMILES string of the molecule is CCCCCCCCCCCCCCC(=O)NC(COP(=O)([O-])OCC[N+](C)(C)C)C(O)CCCCCCC. The first-order chi connectivity index (χ1) is 18.5. The molecule has 9 heteroatoms. The van der Waals surface area contributed by atoms with E-state index in [-0.39, 0.29) is 19.1 Å². The zero-order valence-electron chi connectivity index (χ0n) is 26.1. The van der Waals surface area contributed by atoms with Crippen LogP contribution in [0, 0.1) is 0 Å².